The van der Waals surface area contributed by atoms with Crippen molar-refractivity contribution < 1.29 is 13.9 Å². The standard InChI is InChI=1S/C20H27N3O3/c1-20(2,3)26-12-15-8-17(22-10-15)19(24)23-9-14-4-6-16(7-5-14)18-11-21-13-25-18/h4-7,11,13,15,17,22H,8-10,12H2,1-3H3,(H,23,24). The molecule has 0 aliphatic carbocycles. The molecule has 1 fully saturated rings. The van der Waals surface area contributed by atoms with Gasteiger partial charge < -0.3 is 19.8 Å². The lowest BCUT2D eigenvalue weighted by Crippen LogP contribution is -2.39. The summed E-state index contributed by atoms with van der Waals surface area (Å²) in [5, 5.41) is 6.31. The Morgan fingerprint density at radius 3 is 2.77 bits per heavy atom. The largest absolute Gasteiger partial charge is 0.444 e. The molecule has 2 aromatic rings. The average molecular weight is 357 g/mol. The van der Waals surface area contributed by atoms with Gasteiger partial charge in [0, 0.05) is 18.7 Å². The van der Waals surface area contributed by atoms with Crippen molar-refractivity contribution in [3.63, 3.8) is 0 Å². The smallest absolute Gasteiger partial charge is 0.237 e. The number of nitrogens with zero attached hydrogens (tertiary/aromatic N) is 1. The third kappa shape index (κ3) is 5.16. The van der Waals surface area contributed by atoms with Crippen LogP contribution in [0.15, 0.2) is 41.3 Å². The number of benzene rings is 1. The van der Waals surface area contributed by atoms with Gasteiger partial charge in [-0.25, -0.2) is 4.98 Å². The van der Waals surface area contributed by atoms with Crippen LogP contribution in [0, 0.1) is 5.92 Å². The van der Waals surface area contributed by atoms with Gasteiger partial charge in [-0.05, 0) is 38.7 Å². The number of aromatic nitrogens is 1. The number of carbonyl (C=O) groups is 1. The summed E-state index contributed by atoms with van der Waals surface area (Å²) in [5.41, 5.74) is 1.88. The van der Waals surface area contributed by atoms with Crippen molar-refractivity contribution >= 4 is 5.91 Å². The SMILES string of the molecule is CC(C)(C)OCC1CNC(C(=O)NCc2ccc(-c3cnco3)cc2)C1. The normalized spacial score (nSPS) is 20.3. The van der Waals surface area contributed by atoms with Crippen LogP contribution in [0.3, 0.4) is 0 Å². The Bertz CT molecular complexity index is 705. The van der Waals surface area contributed by atoms with Crippen molar-refractivity contribution in [3.05, 3.63) is 42.4 Å². The molecule has 1 aromatic heterocycles. The van der Waals surface area contributed by atoms with Gasteiger partial charge in [0.15, 0.2) is 12.2 Å². The molecule has 3 rings (SSSR count). The van der Waals surface area contributed by atoms with Gasteiger partial charge in [0.05, 0.1) is 24.4 Å². The first-order chi connectivity index (χ1) is 12.4. The van der Waals surface area contributed by atoms with Gasteiger partial charge >= 0.3 is 0 Å². The van der Waals surface area contributed by atoms with Crippen LogP contribution in [-0.4, -0.2) is 35.7 Å². The first kappa shape index (κ1) is 18.6. The van der Waals surface area contributed by atoms with E-state index in [0.29, 0.717) is 19.1 Å². The summed E-state index contributed by atoms with van der Waals surface area (Å²) < 4.78 is 11.1. The van der Waals surface area contributed by atoms with Crippen molar-refractivity contribution in [1.29, 1.82) is 0 Å². The number of amides is 1. The highest BCUT2D eigenvalue weighted by Crippen LogP contribution is 2.20. The summed E-state index contributed by atoms with van der Waals surface area (Å²) in [6.45, 7) is 8.16. The molecule has 6 heteroatoms. The zero-order valence-electron chi connectivity index (χ0n) is 15.6. The highest BCUT2D eigenvalue weighted by atomic mass is 16.5. The van der Waals surface area contributed by atoms with E-state index in [4.69, 9.17) is 9.15 Å². The summed E-state index contributed by atoms with van der Waals surface area (Å²) in [5.74, 6) is 1.16. The molecule has 140 valence electrons. The van der Waals surface area contributed by atoms with Gasteiger partial charge in [-0.15, -0.1) is 0 Å². The van der Waals surface area contributed by atoms with Gasteiger partial charge in [-0.3, -0.25) is 4.79 Å². The predicted molar refractivity (Wildman–Crippen MR) is 99.4 cm³/mol. The molecule has 6 nitrogen and oxygen atoms in total. The lowest BCUT2D eigenvalue weighted by molar-refractivity contribution is -0.123. The molecule has 2 heterocycles. The molecule has 2 N–H and O–H groups in total. The Hall–Kier alpha value is -2.18. The molecule has 0 radical (unpaired) electrons. The number of hydrogen-bond acceptors (Lipinski definition) is 5. The van der Waals surface area contributed by atoms with Crippen molar-refractivity contribution in [2.24, 2.45) is 5.92 Å². The topological polar surface area (TPSA) is 76.4 Å². The quantitative estimate of drug-likeness (QED) is 0.831. The molecule has 0 spiro atoms. The zero-order chi connectivity index (χ0) is 18.6. The molecule has 26 heavy (non-hydrogen) atoms. The van der Waals surface area contributed by atoms with Gasteiger partial charge in [0.2, 0.25) is 5.91 Å². The summed E-state index contributed by atoms with van der Waals surface area (Å²) in [4.78, 5) is 16.3. The minimum Gasteiger partial charge on any atom is -0.444 e. The van der Waals surface area contributed by atoms with Crippen molar-refractivity contribution in [2.45, 2.75) is 45.4 Å². The summed E-state index contributed by atoms with van der Waals surface area (Å²) in [6.07, 6.45) is 3.91. The highest BCUT2D eigenvalue weighted by molar-refractivity contribution is 5.82. The molecule has 1 aliphatic heterocycles. The maximum atomic E-state index is 12.4. The van der Waals surface area contributed by atoms with Crippen LogP contribution in [0.4, 0.5) is 0 Å². The van der Waals surface area contributed by atoms with Crippen LogP contribution in [0.25, 0.3) is 11.3 Å². The highest BCUT2D eigenvalue weighted by Gasteiger charge is 2.30. The molecular weight excluding hydrogens is 330 g/mol. The first-order valence-electron chi connectivity index (χ1n) is 9.03. The minimum absolute atomic E-state index is 0.0440. The molecule has 1 saturated heterocycles. The zero-order valence-corrected chi connectivity index (χ0v) is 15.6. The minimum atomic E-state index is -0.142. The molecule has 2 unspecified atom stereocenters. The fourth-order valence-electron chi connectivity index (χ4n) is 2.96. The molecule has 0 bridgehead atoms. The Morgan fingerprint density at radius 2 is 2.12 bits per heavy atom. The van der Waals surface area contributed by atoms with E-state index in [1.165, 1.54) is 6.39 Å². The Labute approximate surface area is 154 Å². The molecule has 1 aromatic carbocycles. The van der Waals surface area contributed by atoms with Gasteiger partial charge in [-0.2, -0.15) is 0 Å². The fraction of sp³-hybridized carbons (Fsp3) is 0.500. The van der Waals surface area contributed by atoms with Crippen molar-refractivity contribution in [3.8, 4) is 11.3 Å². The molecule has 2 atom stereocenters. The fourth-order valence-corrected chi connectivity index (χ4v) is 2.96. The van der Waals surface area contributed by atoms with Gasteiger partial charge in [0.25, 0.3) is 0 Å². The van der Waals surface area contributed by atoms with E-state index in [1.807, 2.05) is 45.0 Å². The molecule has 1 amide bonds. The van der Waals surface area contributed by atoms with Crippen LogP contribution in [0.2, 0.25) is 0 Å². The van der Waals surface area contributed by atoms with Crippen LogP contribution >= 0.6 is 0 Å². The Kier molecular flexibility index (Phi) is 5.74. The second-order valence-electron chi connectivity index (χ2n) is 7.77. The van der Waals surface area contributed by atoms with Crippen molar-refractivity contribution in [1.82, 2.24) is 15.6 Å². The predicted octanol–water partition coefficient (Wildman–Crippen LogP) is 2.75. The average Bonchev–Trinajstić information content (AvgIpc) is 3.29. The number of oxazole rings is 1. The Morgan fingerprint density at radius 1 is 1.35 bits per heavy atom. The number of nitrogens with one attached hydrogen (secondary N) is 2. The summed E-state index contributed by atoms with van der Waals surface area (Å²) >= 11 is 0. The van der Waals surface area contributed by atoms with E-state index in [0.717, 1.165) is 29.9 Å². The third-order valence-electron chi connectivity index (χ3n) is 4.43. The lowest BCUT2D eigenvalue weighted by atomic mass is 10.1. The molecular formula is C20H27N3O3. The van der Waals surface area contributed by atoms with Gasteiger partial charge in [0.1, 0.15) is 0 Å². The first-order valence-corrected chi connectivity index (χ1v) is 9.03. The van der Waals surface area contributed by atoms with E-state index in [-0.39, 0.29) is 17.6 Å². The molecule has 1 aliphatic rings. The van der Waals surface area contributed by atoms with E-state index in [2.05, 4.69) is 15.6 Å². The van der Waals surface area contributed by atoms with Crippen molar-refractivity contribution in [2.75, 3.05) is 13.2 Å². The van der Waals surface area contributed by atoms with Crippen LogP contribution < -0.4 is 10.6 Å². The van der Waals surface area contributed by atoms with Crippen LogP contribution in [0.5, 0.6) is 0 Å². The second kappa shape index (κ2) is 8.01. The van der Waals surface area contributed by atoms with E-state index in [9.17, 15) is 4.79 Å². The number of ether oxygens (including phenoxy) is 1. The second-order valence-corrected chi connectivity index (χ2v) is 7.77. The van der Waals surface area contributed by atoms with E-state index in [1.54, 1.807) is 6.20 Å². The number of rotatable bonds is 6. The maximum Gasteiger partial charge on any atom is 0.237 e. The Balaban J connectivity index is 1.44. The summed E-state index contributed by atoms with van der Waals surface area (Å²) in [7, 11) is 0. The van der Waals surface area contributed by atoms with Gasteiger partial charge in [-0.1, -0.05) is 24.3 Å². The van der Waals surface area contributed by atoms with E-state index >= 15 is 0 Å². The number of hydrogen-bond donors (Lipinski definition) is 2. The monoisotopic (exact) mass is 357 g/mol. The molecule has 0 saturated carbocycles. The van der Waals surface area contributed by atoms with Crippen LogP contribution in [-0.2, 0) is 16.1 Å². The maximum absolute atomic E-state index is 12.4. The van der Waals surface area contributed by atoms with E-state index < -0.39 is 0 Å². The third-order valence-corrected chi connectivity index (χ3v) is 4.43. The summed E-state index contributed by atoms with van der Waals surface area (Å²) in [6, 6.07) is 7.77. The lowest BCUT2D eigenvalue weighted by Gasteiger charge is -2.21. The van der Waals surface area contributed by atoms with Crippen LogP contribution in [0.1, 0.15) is 32.8 Å². The number of carbonyl (C=O) groups excluding carboxylic acids is 1.